The van der Waals surface area contributed by atoms with Crippen molar-refractivity contribution < 1.29 is 33.8 Å². The molecule has 1 saturated heterocycles. The van der Waals surface area contributed by atoms with Gasteiger partial charge in [0.1, 0.15) is 16.4 Å². The number of carbonyl (C=O) groups is 5. The molecule has 2 fully saturated rings. The van der Waals surface area contributed by atoms with Gasteiger partial charge < -0.3 is 20.5 Å². The van der Waals surface area contributed by atoms with Crippen molar-refractivity contribution in [2.24, 2.45) is 11.7 Å². The number of urea groups is 1. The standard InChI is InChI=1S/C24H34N2O5.C7H13BrN2O2/c1-3-31-24(30)19(14-13-17-9-5-4-6-10-17)25-16(2)22(27)26-20-12-8-7-11-18(20)15-21(26)23(28)29;1-3-7(8,4-2)5(11)10-6(9)12/h4-6,9-10,16,18-21,25H,3,7-8,11-15H2,1-2H3,(H,28,29);3-4H2,1-2H3,(H3,9,10,11,12)/t16-,18+,19-,20-,21-;/m0./s1. The average molecular weight is 668 g/mol. The topological polar surface area (TPSA) is 168 Å². The van der Waals surface area contributed by atoms with Gasteiger partial charge in [0, 0.05) is 6.04 Å². The number of aryl methyl sites for hydroxylation is 1. The predicted molar refractivity (Wildman–Crippen MR) is 166 cm³/mol. The Bertz CT molecular complexity index is 1100. The lowest BCUT2D eigenvalue weighted by Gasteiger charge is -2.35. The molecule has 4 amide bonds. The maximum atomic E-state index is 13.4. The molecule has 1 saturated carbocycles. The zero-order valence-corrected chi connectivity index (χ0v) is 27.2. The van der Waals surface area contributed by atoms with Gasteiger partial charge in [-0.05, 0) is 70.3 Å². The van der Waals surface area contributed by atoms with Crippen LogP contribution in [0.4, 0.5) is 4.79 Å². The highest BCUT2D eigenvalue weighted by Crippen LogP contribution is 2.40. The number of ether oxygens (including phenoxy) is 1. The van der Waals surface area contributed by atoms with Gasteiger partial charge in [-0.3, -0.25) is 25.0 Å². The molecule has 3 rings (SSSR count). The third-order valence-corrected chi connectivity index (χ3v) is 9.83. The summed E-state index contributed by atoms with van der Waals surface area (Å²) < 4.78 is 4.56. The Kier molecular flexibility index (Phi) is 14.6. The van der Waals surface area contributed by atoms with Crippen LogP contribution in [0.5, 0.6) is 0 Å². The average Bonchev–Trinajstić information content (AvgIpc) is 3.39. The van der Waals surface area contributed by atoms with Crippen LogP contribution in [-0.4, -0.2) is 74.9 Å². The number of fused-ring (bicyclic) bond motifs is 1. The number of primary amides is 1. The third-order valence-electron chi connectivity index (χ3n) is 8.35. The fraction of sp³-hybridized carbons (Fsp3) is 0.645. The Balaban J connectivity index is 0.000000455. The van der Waals surface area contributed by atoms with Crippen LogP contribution >= 0.6 is 15.9 Å². The first-order valence-electron chi connectivity index (χ1n) is 15.2. The lowest BCUT2D eigenvalue weighted by Crippen LogP contribution is -2.55. The van der Waals surface area contributed by atoms with Crippen molar-refractivity contribution in [3.63, 3.8) is 0 Å². The van der Waals surface area contributed by atoms with Gasteiger partial charge in [0.25, 0.3) is 0 Å². The molecule has 1 aromatic carbocycles. The number of carbonyl (C=O) groups excluding carboxylic acids is 4. The van der Waals surface area contributed by atoms with Crippen LogP contribution in [-0.2, 0) is 30.3 Å². The minimum atomic E-state index is -0.944. The zero-order valence-electron chi connectivity index (χ0n) is 25.6. The Labute approximate surface area is 262 Å². The Morgan fingerprint density at radius 1 is 1.09 bits per heavy atom. The van der Waals surface area contributed by atoms with Crippen LogP contribution in [0, 0.1) is 5.92 Å². The molecular weight excluding hydrogens is 620 g/mol. The van der Waals surface area contributed by atoms with Gasteiger partial charge >= 0.3 is 18.0 Å². The minimum Gasteiger partial charge on any atom is -0.480 e. The molecule has 0 spiro atoms. The first kappa shape index (κ1) is 36.2. The van der Waals surface area contributed by atoms with E-state index in [1.807, 2.05) is 49.5 Å². The molecule has 5 atom stereocenters. The molecule has 12 heteroatoms. The van der Waals surface area contributed by atoms with Gasteiger partial charge in [-0.2, -0.15) is 0 Å². The summed E-state index contributed by atoms with van der Waals surface area (Å²) in [7, 11) is 0. The molecular formula is C31H47BrN4O7. The summed E-state index contributed by atoms with van der Waals surface area (Å²) in [6.07, 6.45) is 6.85. The number of benzene rings is 1. The van der Waals surface area contributed by atoms with E-state index >= 15 is 0 Å². The molecule has 11 nitrogen and oxygen atoms in total. The van der Waals surface area contributed by atoms with E-state index in [1.165, 1.54) is 0 Å². The number of imide groups is 1. The van der Waals surface area contributed by atoms with Gasteiger partial charge in [-0.15, -0.1) is 0 Å². The van der Waals surface area contributed by atoms with Crippen molar-refractivity contribution in [3.8, 4) is 0 Å². The first-order valence-corrected chi connectivity index (χ1v) is 16.0. The molecule has 2 aliphatic rings. The molecule has 0 bridgehead atoms. The number of nitrogens with one attached hydrogen (secondary N) is 2. The van der Waals surface area contributed by atoms with Crippen molar-refractivity contribution in [3.05, 3.63) is 35.9 Å². The molecule has 1 aliphatic carbocycles. The first-order chi connectivity index (χ1) is 20.4. The molecule has 0 radical (unpaired) electrons. The van der Waals surface area contributed by atoms with E-state index in [0.717, 1.165) is 31.2 Å². The number of alkyl halides is 1. The van der Waals surface area contributed by atoms with Crippen LogP contribution in [0.3, 0.4) is 0 Å². The van der Waals surface area contributed by atoms with E-state index in [9.17, 15) is 29.1 Å². The second-order valence-corrected chi connectivity index (χ2v) is 12.7. The number of hydrogen-bond donors (Lipinski definition) is 4. The lowest BCUT2D eigenvalue weighted by atomic mass is 9.84. The largest absolute Gasteiger partial charge is 0.480 e. The molecule has 1 aliphatic heterocycles. The summed E-state index contributed by atoms with van der Waals surface area (Å²) >= 11 is 3.26. The zero-order chi connectivity index (χ0) is 32.2. The molecule has 43 heavy (non-hydrogen) atoms. The minimum absolute atomic E-state index is 0.0167. The number of nitrogens with zero attached hydrogens (tertiary/aromatic N) is 1. The number of hydrogen-bond acceptors (Lipinski definition) is 7. The highest BCUT2D eigenvalue weighted by atomic mass is 79.9. The molecule has 240 valence electrons. The van der Waals surface area contributed by atoms with Gasteiger partial charge in [-0.25, -0.2) is 9.59 Å². The number of carboxylic acid groups (broad SMARTS) is 1. The summed E-state index contributed by atoms with van der Waals surface area (Å²) in [4.78, 5) is 61.0. The van der Waals surface area contributed by atoms with Crippen molar-refractivity contribution in [2.75, 3.05) is 6.61 Å². The second kappa shape index (κ2) is 17.3. The van der Waals surface area contributed by atoms with Crippen LogP contribution in [0.15, 0.2) is 30.3 Å². The number of carboxylic acids is 1. The van der Waals surface area contributed by atoms with Crippen molar-refractivity contribution >= 4 is 45.7 Å². The van der Waals surface area contributed by atoms with Crippen LogP contribution in [0.2, 0.25) is 0 Å². The Morgan fingerprint density at radius 2 is 1.72 bits per heavy atom. The third kappa shape index (κ3) is 10.3. The Morgan fingerprint density at radius 3 is 2.28 bits per heavy atom. The highest BCUT2D eigenvalue weighted by Gasteiger charge is 2.48. The molecule has 5 N–H and O–H groups in total. The number of halogens is 1. The summed E-state index contributed by atoms with van der Waals surface area (Å²) in [5, 5.41) is 14.9. The number of rotatable bonds is 12. The number of nitrogens with two attached hydrogens (primary N) is 1. The smallest absolute Gasteiger partial charge is 0.326 e. The quantitative estimate of drug-likeness (QED) is 0.192. The summed E-state index contributed by atoms with van der Waals surface area (Å²) in [5.74, 6) is -1.69. The molecule has 1 heterocycles. The van der Waals surface area contributed by atoms with E-state index in [2.05, 4.69) is 21.2 Å². The van der Waals surface area contributed by atoms with Gasteiger partial charge in [0.2, 0.25) is 11.8 Å². The second-order valence-electron chi connectivity index (χ2n) is 11.2. The van der Waals surface area contributed by atoms with Gasteiger partial charge in [0.05, 0.1) is 12.6 Å². The van der Waals surface area contributed by atoms with E-state index in [0.29, 0.717) is 32.1 Å². The summed E-state index contributed by atoms with van der Waals surface area (Å²) in [6, 6.07) is 6.93. The normalized spacial score (nSPS) is 21.0. The summed E-state index contributed by atoms with van der Waals surface area (Å²) in [5.41, 5.74) is 5.91. The highest BCUT2D eigenvalue weighted by molar-refractivity contribution is 9.10. The number of esters is 1. The lowest BCUT2D eigenvalue weighted by molar-refractivity contribution is -0.152. The van der Waals surface area contributed by atoms with Gasteiger partial charge in [0.15, 0.2) is 0 Å². The van der Waals surface area contributed by atoms with E-state index in [4.69, 9.17) is 10.5 Å². The van der Waals surface area contributed by atoms with Crippen LogP contribution < -0.4 is 16.4 Å². The van der Waals surface area contributed by atoms with Crippen molar-refractivity contribution in [1.82, 2.24) is 15.5 Å². The van der Waals surface area contributed by atoms with Crippen molar-refractivity contribution in [2.45, 2.75) is 114 Å². The SMILES string of the molecule is CCC(Br)(CC)C(=O)NC(N)=O.CCOC(=O)[C@H](CCc1ccccc1)N[C@@H](C)C(=O)N1[C@H](C(=O)O)C[C@H]2CCCC[C@@H]21. The molecule has 0 unspecified atom stereocenters. The number of aliphatic carboxylic acids is 1. The van der Waals surface area contributed by atoms with E-state index in [1.54, 1.807) is 18.7 Å². The number of amides is 4. The monoisotopic (exact) mass is 666 g/mol. The predicted octanol–water partition coefficient (Wildman–Crippen LogP) is 3.91. The van der Waals surface area contributed by atoms with Crippen molar-refractivity contribution in [1.29, 1.82) is 0 Å². The fourth-order valence-corrected chi connectivity index (χ4v) is 5.96. The number of likely N-dealkylation sites (tertiary alicyclic amines) is 1. The maximum Gasteiger partial charge on any atom is 0.326 e. The van der Waals surface area contributed by atoms with Crippen LogP contribution in [0.1, 0.15) is 84.6 Å². The van der Waals surface area contributed by atoms with Gasteiger partial charge in [-0.1, -0.05) is 73.0 Å². The maximum absolute atomic E-state index is 13.4. The van der Waals surface area contributed by atoms with E-state index < -0.39 is 34.5 Å². The van der Waals surface area contributed by atoms with E-state index in [-0.39, 0.29) is 36.4 Å². The Hall–Kier alpha value is -2.99. The molecule has 0 aromatic heterocycles. The van der Waals surface area contributed by atoms with Crippen LogP contribution in [0.25, 0.3) is 0 Å². The fourth-order valence-electron chi connectivity index (χ4n) is 5.86. The summed E-state index contributed by atoms with van der Waals surface area (Å²) in [6.45, 7) is 7.46. The molecule has 1 aromatic rings.